The van der Waals surface area contributed by atoms with Crippen molar-refractivity contribution in [1.82, 2.24) is 0 Å². The molecule has 0 radical (unpaired) electrons. The minimum Gasteiger partial charge on any atom is -0.478 e. The fourth-order valence-corrected chi connectivity index (χ4v) is 2.47. The average molecular weight is 257 g/mol. The van der Waals surface area contributed by atoms with Gasteiger partial charge in [-0.15, -0.1) is 11.3 Å². The minimum absolute atomic E-state index is 0.0781. The minimum atomic E-state index is -1.20. The van der Waals surface area contributed by atoms with E-state index in [1.807, 2.05) is 0 Å². The molecule has 1 rings (SSSR count). The maximum absolute atomic E-state index is 11.4. The number of hydrogen-bond donors (Lipinski definition) is 2. The molecule has 0 aromatic carbocycles. The van der Waals surface area contributed by atoms with E-state index in [1.54, 1.807) is 0 Å². The average Bonchev–Trinajstić information content (AvgIpc) is 2.53. The molecule has 92 valence electrons. The van der Waals surface area contributed by atoms with Crippen LogP contribution in [0, 0.1) is 6.92 Å². The van der Waals surface area contributed by atoms with Crippen LogP contribution in [0.3, 0.4) is 0 Å². The summed E-state index contributed by atoms with van der Waals surface area (Å²) in [4.78, 5) is 33.6. The third kappa shape index (κ3) is 2.62. The number of thiophene rings is 1. The number of amides is 1. The highest BCUT2D eigenvalue weighted by Gasteiger charge is 2.25. The first-order valence-corrected chi connectivity index (χ1v) is 5.42. The van der Waals surface area contributed by atoms with E-state index >= 15 is 0 Å². The molecule has 0 spiro atoms. The summed E-state index contributed by atoms with van der Waals surface area (Å²) in [6.07, 6.45) is 0. The van der Waals surface area contributed by atoms with Crippen LogP contribution in [0.25, 0.3) is 0 Å². The van der Waals surface area contributed by atoms with Gasteiger partial charge in [0.2, 0.25) is 5.91 Å². The number of esters is 1. The molecule has 1 amide bonds. The molecule has 17 heavy (non-hydrogen) atoms. The van der Waals surface area contributed by atoms with Crippen molar-refractivity contribution < 1.29 is 24.2 Å². The largest absolute Gasteiger partial charge is 0.478 e. The van der Waals surface area contributed by atoms with Crippen LogP contribution in [0.4, 0.5) is 5.00 Å². The zero-order chi connectivity index (χ0) is 13.2. The van der Waals surface area contributed by atoms with Crippen LogP contribution in [-0.2, 0) is 9.53 Å². The molecule has 1 heterocycles. The van der Waals surface area contributed by atoms with Crippen LogP contribution < -0.4 is 5.32 Å². The Morgan fingerprint density at radius 1 is 1.35 bits per heavy atom. The first kappa shape index (κ1) is 13.2. The van der Waals surface area contributed by atoms with Crippen LogP contribution in [0.15, 0.2) is 0 Å². The number of anilines is 1. The summed E-state index contributed by atoms with van der Waals surface area (Å²) in [6, 6.07) is 0. The van der Waals surface area contributed by atoms with Crippen LogP contribution in [-0.4, -0.2) is 30.1 Å². The lowest BCUT2D eigenvalue weighted by Crippen LogP contribution is -2.09. The Balaban J connectivity index is 3.34. The normalized spacial score (nSPS) is 9.82. The van der Waals surface area contributed by atoms with Crippen molar-refractivity contribution in [1.29, 1.82) is 0 Å². The Bertz CT molecular complexity index is 491. The fraction of sp³-hybridized carbons (Fsp3) is 0.300. The maximum Gasteiger partial charge on any atom is 0.348 e. The van der Waals surface area contributed by atoms with Gasteiger partial charge < -0.3 is 15.2 Å². The predicted octanol–water partition coefficient (Wildman–Crippen LogP) is 1.50. The third-order valence-electron chi connectivity index (χ3n) is 2.02. The fourth-order valence-electron chi connectivity index (χ4n) is 1.31. The van der Waals surface area contributed by atoms with Crippen molar-refractivity contribution in [2.75, 3.05) is 12.4 Å². The number of nitrogens with one attached hydrogen (secondary N) is 1. The summed E-state index contributed by atoms with van der Waals surface area (Å²) in [7, 11) is 1.21. The Labute approximate surface area is 101 Å². The lowest BCUT2D eigenvalue weighted by Gasteiger charge is -1.99. The van der Waals surface area contributed by atoms with Gasteiger partial charge in [-0.3, -0.25) is 4.79 Å². The number of carboxylic acids is 1. The van der Waals surface area contributed by atoms with Gasteiger partial charge in [0.15, 0.2) is 0 Å². The Hall–Kier alpha value is -1.89. The molecule has 1 aromatic rings. The number of aromatic carboxylic acids is 1. The predicted molar refractivity (Wildman–Crippen MR) is 61.7 cm³/mol. The lowest BCUT2D eigenvalue weighted by atomic mass is 10.1. The maximum atomic E-state index is 11.4. The third-order valence-corrected chi connectivity index (χ3v) is 3.21. The second-order valence-electron chi connectivity index (χ2n) is 3.24. The molecular formula is C10H11NO5S. The first-order chi connectivity index (χ1) is 7.88. The number of carboxylic acid groups (broad SMARTS) is 1. The second kappa shape index (κ2) is 4.96. The monoisotopic (exact) mass is 257 g/mol. The van der Waals surface area contributed by atoms with E-state index in [0.717, 1.165) is 11.3 Å². The highest BCUT2D eigenvalue weighted by molar-refractivity contribution is 7.18. The topological polar surface area (TPSA) is 92.7 Å². The highest BCUT2D eigenvalue weighted by atomic mass is 32.1. The molecular weight excluding hydrogens is 246 g/mol. The molecule has 0 saturated carbocycles. The molecule has 0 unspecified atom stereocenters. The Kier molecular flexibility index (Phi) is 3.84. The summed E-state index contributed by atoms with van der Waals surface area (Å²) in [5, 5.41) is 11.6. The number of ether oxygens (including phenoxy) is 1. The first-order valence-electron chi connectivity index (χ1n) is 4.61. The molecule has 2 N–H and O–H groups in total. The van der Waals surface area contributed by atoms with Gasteiger partial charge in [0, 0.05) is 6.92 Å². The smallest absolute Gasteiger partial charge is 0.348 e. The van der Waals surface area contributed by atoms with Crippen LogP contribution in [0.1, 0.15) is 32.5 Å². The number of hydrogen-bond acceptors (Lipinski definition) is 5. The molecule has 6 nitrogen and oxygen atoms in total. The molecule has 0 saturated heterocycles. The van der Waals surface area contributed by atoms with E-state index in [1.165, 1.54) is 21.0 Å². The van der Waals surface area contributed by atoms with Gasteiger partial charge in [-0.1, -0.05) is 0 Å². The molecule has 0 fully saturated rings. The van der Waals surface area contributed by atoms with Gasteiger partial charge >= 0.3 is 11.9 Å². The van der Waals surface area contributed by atoms with E-state index < -0.39 is 17.8 Å². The zero-order valence-corrected chi connectivity index (χ0v) is 10.3. The molecule has 0 atom stereocenters. The van der Waals surface area contributed by atoms with Crippen LogP contribution in [0.5, 0.6) is 0 Å². The summed E-state index contributed by atoms with van der Waals surface area (Å²) >= 11 is 0.888. The highest BCUT2D eigenvalue weighted by Crippen LogP contribution is 2.33. The van der Waals surface area contributed by atoms with E-state index in [9.17, 15) is 14.4 Å². The van der Waals surface area contributed by atoms with Gasteiger partial charge in [0.25, 0.3) is 0 Å². The van der Waals surface area contributed by atoms with Crippen molar-refractivity contribution in [3.63, 3.8) is 0 Å². The Morgan fingerprint density at radius 3 is 2.35 bits per heavy atom. The lowest BCUT2D eigenvalue weighted by molar-refractivity contribution is -0.114. The zero-order valence-electron chi connectivity index (χ0n) is 9.49. The van der Waals surface area contributed by atoms with Gasteiger partial charge in [-0.05, 0) is 12.5 Å². The van der Waals surface area contributed by atoms with E-state index in [0.29, 0.717) is 0 Å². The van der Waals surface area contributed by atoms with Crippen molar-refractivity contribution in [2.45, 2.75) is 13.8 Å². The standard InChI is InChI=1S/C10H11NO5S/c1-4-6(9(13)14)8(11-5(2)12)17-7(4)10(15)16-3/h1-3H3,(H,11,12)(H,13,14). The molecule has 0 aliphatic carbocycles. The van der Waals surface area contributed by atoms with E-state index in [2.05, 4.69) is 10.1 Å². The van der Waals surface area contributed by atoms with Crippen LogP contribution >= 0.6 is 11.3 Å². The number of carbonyl (C=O) groups is 3. The summed E-state index contributed by atoms with van der Waals surface area (Å²) in [6.45, 7) is 2.76. The summed E-state index contributed by atoms with van der Waals surface area (Å²) in [5.41, 5.74) is 0.212. The van der Waals surface area contributed by atoms with Crippen molar-refractivity contribution >= 4 is 34.2 Å². The second-order valence-corrected chi connectivity index (χ2v) is 4.26. The quantitative estimate of drug-likeness (QED) is 0.800. The summed E-state index contributed by atoms with van der Waals surface area (Å²) in [5.74, 6) is -2.21. The van der Waals surface area contributed by atoms with Gasteiger partial charge in [0.1, 0.15) is 9.88 Å². The van der Waals surface area contributed by atoms with Gasteiger partial charge in [-0.25, -0.2) is 9.59 Å². The summed E-state index contributed by atoms with van der Waals surface area (Å²) < 4.78 is 4.54. The van der Waals surface area contributed by atoms with Crippen molar-refractivity contribution in [3.8, 4) is 0 Å². The van der Waals surface area contributed by atoms with Crippen LogP contribution in [0.2, 0.25) is 0 Å². The molecule has 0 bridgehead atoms. The number of carbonyl (C=O) groups excluding carboxylic acids is 2. The van der Waals surface area contributed by atoms with Gasteiger partial charge in [0.05, 0.1) is 12.7 Å². The molecule has 0 aliphatic rings. The SMILES string of the molecule is COC(=O)c1sc(NC(C)=O)c(C(=O)O)c1C. The number of rotatable bonds is 3. The molecule has 1 aromatic heterocycles. The van der Waals surface area contributed by atoms with E-state index in [4.69, 9.17) is 5.11 Å². The van der Waals surface area contributed by atoms with Crippen molar-refractivity contribution in [3.05, 3.63) is 16.0 Å². The number of methoxy groups -OCH3 is 1. The van der Waals surface area contributed by atoms with E-state index in [-0.39, 0.29) is 21.0 Å². The molecule has 0 aliphatic heterocycles. The molecule has 7 heteroatoms. The Morgan fingerprint density at radius 2 is 1.94 bits per heavy atom. The van der Waals surface area contributed by atoms with Crippen molar-refractivity contribution in [2.24, 2.45) is 0 Å². The van der Waals surface area contributed by atoms with Gasteiger partial charge in [-0.2, -0.15) is 0 Å².